The van der Waals surface area contributed by atoms with Crippen LogP contribution in [0.25, 0.3) is 11.0 Å². The maximum Gasteiger partial charge on any atom is 0.152 e. The molecule has 0 aliphatic rings. The molecule has 60 valence electrons. The fourth-order valence-corrected chi connectivity index (χ4v) is 1.37. The van der Waals surface area contributed by atoms with Gasteiger partial charge >= 0.3 is 0 Å². The molecule has 2 aromatic rings. The molecule has 1 heterocycles. The third-order valence-electron chi connectivity index (χ3n) is 1.74. The number of rotatable bonds is 1. The molecule has 1 aromatic carbocycles. The van der Waals surface area contributed by atoms with Crippen LogP contribution in [0.15, 0.2) is 28.9 Å². The van der Waals surface area contributed by atoms with Crippen LogP contribution in [0.5, 0.6) is 0 Å². The van der Waals surface area contributed by atoms with Crippen LogP contribution >= 0.6 is 11.6 Å². The molecular weight excluding hydrogens is 176 g/mol. The molecule has 12 heavy (non-hydrogen) atoms. The third kappa shape index (κ3) is 0.924. The van der Waals surface area contributed by atoms with Gasteiger partial charge < -0.3 is 4.42 Å². The standard InChI is InChI=1S/C9H5ClO2/c10-8-1-2-9-6(3-4-12-9)7(8)5-11/h1-5H. The minimum absolute atomic E-state index is 0.457. The van der Waals surface area contributed by atoms with Gasteiger partial charge in [0.1, 0.15) is 5.58 Å². The van der Waals surface area contributed by atoms with Gasteiger partial charge in [-0.3, -0.25) is 4.79 Å². The topological polar surface area (TPSA) is 30.2 Å². The zero-order valence-corrected chi connectivity index (χ0v) is 6.84. The highest BCUT2D eigenvalue weighted by molar-refractivity contribution is 6.34. The van der Waals surface area contributed by atoms with Crippen molar-refractivity contribution < 1.29 is 9.21 Å². The lowest BCUT2D eigenvalue weighted by molar-refractivity contribution is 0.112. The van der Waals surface area contributed by atoms with Crippen LogP contribution in [0.1, 0.15) is 10.4 Å². The summed E-state index contributed by atoms with van der Waals surface area (Å²) in [6.07, 6.45) is 2.27. The summed E-state index contributed by atoms with van der Waals surface area (Å²) in [4.78, 5) is 10.6. The van der Waals surface area contributed by atoms with Gasteiger partial charge in [-0.25, -0.2) is 0 Å². The van der Waals surface area contributed by atoms with Gasteiger partial charge in [0.15, 0.2) is 6.29 Å². The third-order valence-corrected chi connectivity index (χ3v) is 2.07. The van der Waals surface area contributed by atoms with Crippen molar-refractivity contribution in [2.24, 2.45) is 0 Å². The lowest BCUT2D eigenvalue weighted by atomic mass is 10.1. The molecule has 0 radical (unpaired) electrons. The van der Waals surface area contributed by atoms with Crippen molar-refractivity contribution in [2.75, 3.05) is 0 Å². The first-order valence-electron chi connectivity index (χ1n) is 3.44. The van der Waals surface area contributed by atoms with Gasteiger partial charge in [0.2, 0.25) is 0 Å². The predicted octanol–water partition coefficient (Wildman–Crippen LogP) is 2.90. The summed E-state index contributed by atoms with van der Waals surface area (Å²) in [5.74, 6) is 0. The van der Waals surface area contributed by atoms with E-state index in [2.05, 4.69) is 0 Å². The van der Waals surface area contributed by atoms with Gasteiger partial charge in [-0.15, -0.1) is 0 Å². The van der Waals surface area contributed by atoms with Gasteiger partial charge in [-0.1, -0.05) is 11.6 Å². The normalized spacial score (nSPS) is 10.4. The summed E-state index contributed by atoms with van der Waals surface area (Å²) in [6, 6.07) is 5.12. The summed E-state index contributed by atoms with van der Waals surface area (Å²) in [7, 11) is 0. The van der Waals surface area contributed by atoms with E-state index in [-0.39, 0.29) is 0 Å². The number of benzene rings is 1. The minimum Gasteiger partial charge on any atom is -0.464 e. The van der Waals surface area contributed by atoms with E-state index in [1.165, 1.54) is 6.26 Å². The zero-order chi connectivity index (χ0) is 8.55. The molecule has 0 N–H and O–H groups in total. The maximum absolute atomic E-state index is 10.6. The van der Waals surface area contributed by atoms with Crippen LogP contribution in [0.3, 0.4) is 0 Å². The number of fused-ring (bicyclic) bond motifs is 1. The van der Waals surface area contributed by atoms with Gasteiger partial charge in [0.05, 0.1) is 11.3 Å². The summed E-state index contributed by atoms with van der Waals surface area (Å²) >= 11 is 5.79. The fraction of sp³-hybridized carbons (Fsp3) is 0. The van der Waals surface area contributed by atoms with Crippen LogP contribution in [0.2, 0.25) is 5.02 Å². The van der Waals surface area contributed by atoms with Crippen molar-refractivity contribution in [1.29, 1.82) is 0 Å². The first-order chi connectivity index (χ1) is 5.83. The number of aldehydes is 1. The molecule has 1 aromatic heterocycles. The average Bonchev–Trinajstić information content (AvgIpc) is 2.52. The minimum atomic E-state index is 0.457. The Morgan fingerprint density at radius 1 is 1.33 bits per heavy atom. The van der Waals surface area contributed by atoms with E-state index in [0.717, 1.165) is 11.7 Å². The van der Waals surface area contributed by atoms with Gasteiger partial charge in [0, 0.05) is 10.9 Å². The Morgan fingerprint density at radius 3 is 2.92 bits per heavy atom. The number of carbonyl (C=O) groups excluding carboxylic acids is 1. The average molecular weight is 181 g/mol. The van der Waals surface area contributed by atoms with Gasteiger partial charge in [-0.05, 0) is 18.2 Å². The lowest BCUT2D eigenvalue weighted by Gasteiger charge is -1.95. The molecule has 0 aliphatic carbocycles. The molecule has 0 fully saturated rings. The number of carbonyl (C=O) groups is 1. The Hall–Kier alpha value is -1.28. The van der Waals surface area contributed by atoms with E-state index in [1.807, 2.05) is 0 Å². The highest BCUT2D eigenvalue weighted by Gasteiger charge is 2.06. The molecule has 3 heteroatoms. The van der Waals surface area contributed by atoms with E-state index >= 15 is 0 Å². The van der Waals surface area contributed by atoms with Crippen molar-refractivity contribution in [3.8, 4) is 0 Å². The van der Waals surface area contributed by atoms with Crippen molar-refractivity contribution in [2.45, 2.75) is 0 Å². The van der Waals surface area contributed by atoms with Crippen LogP contribution in [0.4, 0.5) is 0 Å². The van der Waals surface area contributed by atoms with Gasteiger partial charge in [0.25, 0.3) is 0 Å². The molecule has 0 atom stereocenters. The summed E-state index contributed by atoms with van der Waals surface area (Å²) in [5, 5.41) is 1.22. The summed E-state index contributed by atoms with van der Waals surface area (Å²) in [5.41, 5.74) is 1.17. The fourth-order valence-electron chi connectivity index (χ4n) is 1.16. The predicted molar refractivity (Wildman–Crippen MR) is 46.6 cm³/mol. The Bertz CT molecular complexity index is 431. The molecule has 0 saturated carbocycles. The smallest absolute Gasteiger partial charge is 0.152 e. The molecule has 0 bridgehead atoms. The van der Waals surface area contributed by atoms with E-state index in [9.17, 15) is 4.79 Å². The van der Waals surface area contributed by atoms with Crippen LogP contribution < -0.4 is 0 Å². The second-order valence-electron chi connectivity index (χ2n) is 2.41. The Labute approximate surface area is 73.7 Å². The highest BCUT2D eigenvalue weighted by Crippen LogP contribution is 2.25. The quantitative estimate of drug-likeness (QED) is 0.632. The molecular formula is C9H5ClO2. The number of halogens is 1. The summed E-state index contributed by atoms with van der Waals surface area (Å²) < 4.78 is 5.10. The SMILES string of the molecule is O=Cc1c(Cl)ccc2occc12. The van der Waals surface area contributed by atoms with Crippen molar-refractivity contribution in [1.82, 2.24) is 0 Å². The largest absolute Gasteiger partial charge is 0.464 e. The van der Waals surface area contributed by atoms with Crippen molar-refractivity contribution >= 4 is 28.9 Å². The Kier molecular flexibility index (Phi) is 1.62. The number of hydrogen-bond donors (Lipinski definition) is 0. The Balaban J connectivity index is 2.91. The molecule has 0 amide bonds. The monoisotopic (exact) mass is 180 g/mol. The summed E-state index contributed by atoms with van der Waals surface area (Å²) in [6.45, 7) is 0. The molecule has 0 spiro atoms. The first kappa shape index (κ1) is 7.37. The maximum atomic E-state index is 10.6. The second-order valence-corrected chi connectivity index (χ2v) is 2.82. The van der Waals surface area contributed by atoms with E-state index in [4.69, 9.17) is 16.0 Å². The second kappa shape index (κ2) is 2.64. The van der Waals surface area contributed by atoms with Gasteiger partial charge in [-0.2, -0.15) is 0 Å². The Morgan fingerprint density at radius 2 is 2.17 bits per heavy atom. The van der Waals surface area contributed by atoms with Crippen LogP contribution in [0, 0.1) is 0 Å². The molecule has 2 rings (SSSR count). The number of furan rings is 1. The highest BCUT2D eigenvalue weighted by atomic mass is 35.5. The van der Waals surface area contributed by atoms with Crippen molar-refractivity contribution in [3.05, 3.63) is 35.0 Å². The van der Waals surface area contributed by atoms with E-state index in [1.54, 1.807) is 18.2 Å². The molecule has 2 nitrogen and oxygen atoms in total. The first-order valence-corrected chi connectivity index (χ1v) is 3.81. The molecule has 0 aliphatic heterocycles. The zero-order valence-electron chi connectivity index (χ0n) is 6.08. The van der Waals surface area contributed by atoms with Crippen LogP contribution in [-0.4, -0.2) is 6.29 Å². The van der Waals surface area contributed by atoms with Crippen LogP contribution in [-0.2, 0) is 0 Å². The number of hydrogen-bond acceptors (Lipinski definition) is 2. The van der Waals surface area contributed by atoms with E-state index in [0.29, 0.717) is 16.2 Å². The van der Waals surface area contributed by atoms with E-state index < -0.39 is 0 Å². The molecule has 0 saturated heterocycles. The lowest BCUT2D eigenvalue weighted by Crippen LogP contribution is -1.81. The molecule has 0 unspecified atom stereocenters. The van der Waals surface area contributed by atoms with Crippen molar-refractivity contribution in [3.63, 3.8) is 0 Å².